The molecule has 21 heavy (non-hydrogen) atoms. The monoisotopic (exact) mass is 310 g/mol. The molecule has 6 heteroatoms. The predicted molar refractivity (Wildman–Crippen MR) is 79.5 cm³/mol. The van der Waals surface area contributed by atoms with Crippen molar-refractivity contribution in [2.75, 3.05) is 14.2 Å². The van der Waals surface area contributed by atoms with Gasteiger partial charge in [0.05, 0.1) is 14.2 Å². The van der Waals surface area contributed by atoms with Crippen molar-refractivity contribution in [2.45, 2.75) is 0 Å². The molecular weight excluding hydrogens is 296 g/mol. The van der Waals surface area contributed by atoms with Gasteiger partial charge in [-0.25, -0.2) is 4.79 Å². The first-order valence-corrected chi connectivity index (χ1v) is 6.27. The molecule has 0 atom stereocenters. The molecule has 0 heterocycles. The van der Waals surface area contributed by atoms with E-state index < -0.39 is 5.43 Å². The van der Waals surface area contributed by atoms with Crippen LogP contribution in [0.25, 0.3) is 0 Å². The third-order valence-electron chi connectivity index (χ3n) is 2.29. The molecule has 2 rings (SSSR count). The normalized spacial score (nSPS) is 9.10. The van der Waals surface area contributed by atoms with Crippen LogP contribution in [-0.2, 0) is 0 Å². The number of phenolic OH excluding ortho intramolecular Hbond substituents is 1. The second kappa shape index (κ2) is 8.71. The van der Waals surface area contributed by atoms with Gasteiger partial charge in [-0.2, -0.15) is 0 Å². The number of halogens is 1. The highest BCUT2D eigenvalue weighted by atomic mass is 35.5. The summed E-state index contributed by atoms with van der Waals surface area (Å²) in [5.41, 5.74) is -0.858. The van der Waals surface area contributed by atoms with Crippen LogP contribution in [0.2, 0.25) is 0 Å². The number of carbonyl (C=O) groups excluding carboxylic acids is 1. The van der Waals surface area contributed by atoms with Crippen LogP contribution < -0.4 is 14.2 Å². The van der Waals surface area contributed by atoms with Crippen molar-refractivity contribution < 1.29 is 24.1 Å². The number of hydrogen-bond acceptors (Lipinski definition) is 5. The molecule has 0 aromatic heterocycles. The van der Waals surface area contributed by atoms with Crippen LogP contribution in [0.3, 0.4) is 0 Å². The minimum Gasteiger partial charge on any atom is -0.508 e. The van der Waals surface area contributed by atoms with Gasteiger partial charge in [-0.05, 0) is 24.3 Å². The maximum Gasteiger partial charge on any atom is 0.409 e. The van der Waals surface area contributed by atoms with Gasteiger partial charge in [0.25, 0.3) is 0 Å². The van der Waals surface area contributed by atoms with E-state index in [0.29, 0.717) is 17.2 Å². The fraction of sp³-hybridized carbons (Fsp3) is 0.133. The summed E-state index contributed by atoms with van der Waals surface area (Å²) in [4.78, 5) is 10.3. The average Bonchev–Trinajstić information content (AvgIpc) is 2.47. The van der Waals surface area contributed by atoms with Crippen molar-refractivity contribution >= 4 is 17.0 Å². The highest BCUT2D eigenvalue weighted by Gasteiger charge is 2.00. The molecule has 0 saturated heterocycles. The summed E-state index contributed by atoms with van der Waals surface area (Å²) in [6, 6.07) is 13.3. The van der Waals surface area contributed by atoms with Gasteiger partial charge >= 0.3 is 5.43 Å². The molecule has 2 aromatic rings. The molecule has 0 amide bonds. The SMILES string of the molecule is COc1cccc(O)c1.COc1cccc(OC(=O)Cl)c1. The number of rotatable bonds is 3. The van der Waals surface area contributed by atoms with Gasteiger partial charge in [-0.15, -0.1) is 0 Å². The summed E-state index contributed by atoms with van der Waals surface area (Å²) in [7, 11) is 3.09. The third-order valence-corrected chi connectivity index (χ3v) is 2.37. The van der Waals surface area contributed by atoms with Crippen molar-refractivity contribution in [3.05, 3.63) is 48.5 Å². The Morgan fingerprint density at radius 1 is 0.952 bits per heavy atom. The molecule has 0 spiro atoms. The van der Waals surface area contributed by atoms with Gasteiger partial charge in [-0.1, -0.05) is 12.1 Å². The second-order valence-corrected chi connectivity index (χ2v) is 4.03. The minimum atomic E-state index is -0.858. The maximum atomic E-state index is 10.3. The zero-order valence-electron chi connectivity index (χ0n) is 11.6. The standard InChI is InChI=1S/C8H7ClO3.C7H8O2/c1-11-6-3-2-4-7(5-6)12-8(9)10;1-9-7-4-2-3-6(8)5-7/h2-5H,1H3;2-5,8H,1H3. The highest BCUT2D eigenvalue weighted by Crippen LogP contribution is 2.19. The Kier molecular flexibility index (Phi) is 6.91. The van der Waals surface area contributed by atoms with Gasteiger partial charge in [-0.3, -0.25) is 0 Å². The van der Waals surface area contributed by atoms with Crippen molar-refractivity contribution in [1.82, 2.24) is 0 Å². The highest BCUT2D eigenvalue weighted by molar-refractivity contribution is 6.61. The summed E-state index contributed by atoms with van der Waals surface area (Å²) >= 11 is 5.01. The third kappa shape index (κ3) is 6.54. The summed E-state index contributed by atoms with van der Waals surface area (Å²) in [6.45, 7) is 0. The Balaban J connectivity index is 0.000000219. The number of hydrogen-bond donors (Lipinski definition) is 1. The van der Waals surface area contributed by atoms with Crippen LogP contribution in [0.5, 0.6) is 23.0 Å². The Labute approximate surface area is 127 Å². The van der Waals surface area contributed by atoms with Crippen LogP contribution in [-0.4, -0.2) is 24.8 Å². The zero-order chi connectivity index (χ0) is 15.7. The lowest BCUT2D eigenvalue weighted by molar-refractivity contribution is 0.225. The predicted octanol–water partition coefficient (Wildman–Crippen LogP) is 3.83. The first kappa shape index (κ1) is 16.7. The van der Waals surface area contributed by atoms with E-state index in [9.17, 15) is 4.79 Å². The van der Waals surface area contributed by atoms with Gasteiger partial charge in [0.15, 0.2) is 0 Å². The molecule has 2 aromatic carbocycles. The van der Waals surface area contributed by atoms with E-state index in [4.69, 9.17) is 26.2 Å². The molecule has 0 aliphatic heterocycles. The fourth-order valence-corrected chi connectivity index (χ4v) is 1.46. The van der Waals surface area contributed by atoms with Crippen LogP contribution in [0.1, 0.15) is 0 Å². The van der Waals surface area contributed by atoms with Crippen molar-refractivity contribution in [3.8, 4) is 23.0 Å². The number of benzene rings is 2. The van der Waals surface area contributed by atoms with Gasteiger partial charge in [0, 0.05) is 23.7 Å². The molecule has 5 nitrogen and oxygen atoms in total. The fourth-order valence-electron chi connectivity index (χ4n) is 1.37. The summed E-state index contributed by atoms with van der Waals surface area (Å²) in [5.74, 6) is 1.89. The molecular formula is C15H15ClO5. The lowest BCUT2D eigenvalue weighted by Crippen LogP contribution is -1.95. The van der Waals surface area contributed by atoms with Crippen molar-refractivity contribution in [1.29, 1.82) is 0 Å². The summed E-state index contributed by atoms with van der Waals surface area (Å²) in [5, 5.41) is 8.86. The lowest BCUT2D eigenvalue weighted by Gasteiger charge is -2.01. The first-order valence-electron chi connectivity index (χ1n) is 5.89. The molecule has 0 aliphatic rings. The number of phenols is 1. The van der Waals surface area contributed by atoms with Crippen LogP contribution in [0, 0.1) is 0 Å². The van der Waals surface area contributed by atoms with Gasteiger partial charge in [0.1, 0.15) is 23.0 Å². The van der Waals surface area contributed by atoms with E-state index in [2.05, 4.69) is 4.74 Å². The molecule has 0 radical (unpaired) electrons. The van der Waals surface area contributed by atoms with Crippen LogP contribution in [0.4, 0.5) is 4.79 Å². The number of carbonyl (C=O) groups is 1. The molecule has 1 N–H and O–H groups in total. The van der Waals surface area contributed by atoms with Gasteiger partial charge < -0.3 is 19.3 Å². The van der Waals surface area contributed by atoms with E-state index in [1.165, 1.54) is 7.11 Å². The van der Waals surface area contributed by atoms with E-state index in [0.717, 1.165) is 0 Å². The smallest absolute Gasteiger partial charge is 0.409 e. The molecule has 0 bridgehead atoms. The second-order valence-electron chi connectivity index (χ2n) is 3.72. The zero-order valence-corrected chi connectivity index (χ0v) is 12.3. The first-order chi connectivity index (χ1) is 10.0. The van der Waals surface area contributed by atoms with E-state index in [1.54, 1.807) is 55.6 Å². The lowest BCUT2D eigenvalue weighted by atomic mass is 10.3. The van der Waals surface area contributed by atoms with Crippen LogP contribution in [0.15, 0.2) is 48.5 Å². The summed E-state index contributed by atoms with van der Waals surface area (Å²) < 4.78 is 14.3. The number of ether oxygens (including phenoxy) is 3. The van der Waals surface area contributed by atoms with E-state index >= 15 is 0 Å². The van der Waals surface area contributed by atoms with Crippen molar-refractivity contribution in [2.24, 2.45) is 0 Å². The van der Waals surface area contributed by atoms with Crippen LogP contribution >= 0.6 is 11.6 Å². The topological polar surface area (TPSA) is 65.0 Å². The van der Waals surface area contributed by atoms with E-state index in [-0.39, 0.29) is 5.75 Å². The quantitative estimate of drug-likeness (QED) is 0.873. The Morgan fingerprint density at radius 2 is 1.48 bits per heavy atom. The average molecular weight is 311 g/mol. The Hall–Kier alpha value is -2.40. The Morgan fingerprint density at radius 3 is 1.95 bits per heavy atom. The Bertz CT molecular complexity index is 586. The molecule has 0 fully saturated rings. The largest absolute Gasteiger partial charge is 0.508 e. The van der Waals surface area contributed by atoms with Gasteiger partial charge in [0.2, 0.25) is 0 Å². The molecule has 0 unspecified atom stereocenters. The van der Waals surface area contributed by atoms with Crippen molar-refractivity contribution in [3.63, 3.8) is 0 Å². The van der Waals surface area contributed by atoms with E-state index in [1.807, 2.05) is 0 Å². The minimum absolute atomic E-state index is 0.231. The molecule has 112 valence electrons. The number of aromatic hydroxyl groups is 1. The maximum absolute atomic E-state index is 10.3. The molecule has 0 saturated carbocycles. The summed E-state index contributed by atoms with van der Waals surface area (Å²) in [6.07, 6.45) is 0. The molecule has 0 aliphatic carbocycles. The number of methoxy groups -OCH3 is 2.